The van der Waals surface area contributed by atoms with E-state index in [2.05, 4.69) is 10.2 Å². The number of nitrogens with one attached hydrogen (secondary N) is 1. The molecule has 7 heteroatoms. The molecule has 132 valence electrons. The standard InChI is InChI=1S/C17H26BFN2O2S/c1-16(2)17(3,4)23-18(22-16)15(19)13(14-6-5-11-24-14)12-21-9-7-20-8-10-21/h5-6,11,20H,7-10,12H2,1-4H3. The molecule has 24 heavy (non-hydrogen) atoms. The van der Waals surface area contributed by atoms with Gasteiger partial charge in [-0.3, -0.25) is 4.90 Å². The smallest absolute Gasteiger partial charge is 0.398 e. The van der Waals surface area contributed by atoms with Gasteiger partial charge in [-0.05, 0) is 39.1 Å². The maximum absolute atomic E-state index is 15.4. The van der Waals surface area contributed by atoms with Crippen molar-refractivity contribution in [2.75, 3.05) is 32.7 Å². The number of halogens is 1. The molecular weight excluding hydrogens is 326 g/mol. The van der Waals surface area contributed by atoms with Crippen LogP contribution < -0.4 is 5.32 Å². The molecule has 0 aromatic carbocycles. The molecule has 2 aliphatic heterocycles. The summed E-state index contributed by atoms with van der Waals surface area (Å²) >= 11 is 1.56. The van der Waals surface area contributed by atoms with Crippen molar-refractivity contribution in [1.82, 2.24) is 10.2 Å². The minimum absolute atomic E-state index is 0.297. The van der Waals surface area contributed by atoms with E-state index in [4.69, 9.17) is 9.31 Å². The first-order valence-corrected chi connectivity index (χ1v) is 9.39. The SMILES string of the molecule is CC1(C)OB(C(F)=C(CN2CCNCC2)c2cccs2)OC1(C)C. The van der Waals surface area contributed by atoms with Gasteiger partial charge in [-0.15, -0.1) is 11.3 Å². The van der Waals surface area contributed by atoms with Crippen LogP contribution in [0.3, 0.4) is 0 Å². The molecule has 0 spiro atoms. The molecule has 2 aliphatic rings. The van der Waals surface area contributed by atoms with Gasteiger partial charge >= 0.3 is 7.12 Å². The van der Waals surface area contributed by atoms with Gasteiger partial charge in [-0.2, -0.15) is 0 Å². The highest BCUT2D eigenvalue weighted by molar-refractivity contribution is 7.11. The van der Waals surface area contributed by atoms with Crippen LogP contribution in [0.1, 0.15) is 32.6 Å². The molecule has 0 radical (unpaired) electrons. The third-order valence-electron chi connectivity index (χ3n) is 5.16. The van der Waals surface area contributed by atoms with Gasteiger partial charge in [0, 0.05) is 43.2 Å². The molecule has 2 saturated heterocycles. The highest BCUT2D eigenvalue weighted by Gasteiger charge is 2.53. The molecule has 1 aromatic heterocycles. The molecule has 2 fully saturated rings. The zero-order chi connectivity index (χ0) is 17.4. The molecule has 0 unspecified atom stereocenters. The van der Waals surface area contributed by atoms with Gasteiger partial charge < -0.3 is 14.6 Å². The van der Waals surface area contributed by atoms with Crippen molar-refractivity contribution in [2.24, 2.45) is 0 Å². The highest BCUT2D eigenvalue weighted by atomic mass is 32.1. The Balaban J connectivity index is 1.87. The van der Waals surface area contributed by atoms with Crippen LogP contribution in [-0.2, 0) is 9.31 Å². The third-order valence-corrected chi connectivity index (χ3v) is 6.09. The number of hydrogen-bond acceptors (Lipinski definition) is 5. The first kappa shape index (κ1) is 18.1. The fraction of sp³-hybridized carbons (Fsp3) is 0.647. The van der Waals surface area contributed by atoms with Crippen molar-refractivity contribution in [1.29, 1.82) is 0 Å². The molecule has 3 rings (SSSR count). The average molecular weight is 352 g/mol. The highest BCUT2D eigenvalue weighted by Crippen LogP contribution is 2.40. The number of thiophene rings is 1. The van der Waals surface area contributed by atoms with E-state index in [9.17, 15) is 0 Å². The van der Waals surface area contributed by atoms with Crippen LogP contribution in [0.25, 0.3) is 5.57 Å². The van der Waals surface area contributed by atoms with Crippen LogP contribution in [0.5, 0.6) is 0 Å². The Morgan fingerprint density at radius 2 is 1.88 bits per heavy atom. The Hall–Kier alpha value is -0.725. The fourth-order valence-electron chi connectivity index (χ4n) is 2.90. The van der Waals surface area contributed by atoms with Crippen molar-refractivity contribution in [3.8, 4) is 0 Å². The zero-order valence-corrected chi connectivity index (χ0v) is 15.7. The fourth-order valence-corrected chi connectivity index (χ4v) is 3.67. The van der Waals surface area contributed by atoms with Crippen molar-refractivity contribution < 1.29 is 13.7 Å². The Labute approximate surface area is 148 Å². The normalized spacial score (nSPS) is 25.0. The van der Waals surface area contributed by atoms with E-state index in [0.717, 1.165) is 31.1 Å². The van der Waals surface area contributed by atoms with Gasteiger partial charge in [0.2, 0.25) is 0 Å². The van der Waals surface area contributed by atoms with Crippen LogP contribution in [-0.4, -0.2) is 55.9 Å². The van der Waals surface area contributed by atoms with E-state index in [-0.39, 0.29) is 5.73 Å². The monoisotopic (exact) mass is 352 g/mol. The van der Waals surface area contributed by atoms with E-state index < -0.39 is 18.3 Å². The minimum atomic E-state index is -0.935. The van der Waals surface area contributed by atoms with Crippen LogP contribution in [0.4, 0.5) is 4.39 Å². The van der Waals surface area contributed by atoms with Gasteiger partial charge in [-0.1, -0.05) is 6.07 Å². The largest absolute Gasteiger partial charge is 0.525 e. The third kappa shape index (κ3) is 3.60. The Bertz CT molecular complexity index is 582. The second-order valence-electron chi connectivity index (χ2n) is 7.42. The van der Waals surface area contributed by atoms with Gasteiger partial charge in [0.15, 0.2) is 0 Å². The molecule has 0 amide bonds. The summed E-state index contributed by atoms with van der Waals surface area (Å²) in [5.74, 6) is 0. The summed E-state index contributed by atoms with van der Waals surface area (Å²) in [6, 6.07) is 3.92. The van der Waals surface area contributed by atoms with Gasteiger partial charge in [-0.25, -0.2) is 4.39 Å². The topological polar surface area (TPSA) is 33.7 Å². The number of nitrogens with zero attached hydrogens (tertiary/aromatic N) is 1. The van der Waals surface area contributed by atoms with Crippen LogP contribution in [0.15, 0.2) is 23.2 Å². The van der Waals surface area contributed by atoms with E-state index in [1.165, 1.54) is 0 Å². The maximum Gasteiger partial charge on any atom is 0.525 e. The van der Waals surface area contributed by atoms with Crippen LogP contribution >= 0.6 is 11.3 Å². The molecular formula is C17H26BFN2O2S. The maximum atomic E-state index is 15.4. The molecule has 1 aromatic rings. The molecule has 1 N–H and O–H groups in total. The van der Waals surface area contributed by atoms with E-state index in [1.807, 2.05) is 45.2 Å². The predicted octanol–water partition coefficient (Wildman–Crippen LogP) is 2.97. The molecule has 4 nitrogen and oxygen atoms in total. The summed E-state index contributed by atoms with van der Waals surface area (Å²) in [6.45, 7) is 12.1. The van der Waals surface area contributed by atoms with E-state index in [0.29, 0.717) is 12.1 Å². The number of rotatable bonds is 4. The summed E-state index contributed by atoms with van der Waals surface area (Å²) in [5, 5.41) is 5.31. The summed E-state index contributed by atoms with van der Waals surface area (Å²) in [4.78, 5) is 3.22. The van der Waals surface area contributed by atoms with Crippen LogP contribution in [0.2, 0.25) is 0 Å². The Morgan fingerprint density at radius 3 is 2.42 bits per heavy atom. The molecule has 0 saturated carbocycles. The second-order valence-corrected chi connectivity index (χ2v) is 8.37. The quantitative estimate of drug-likeness (QED) is 0.845. The Kier molecular flexibility index (Phi) is 5.18. The lowest BCUT2D eigenvalue weighted by atomic mass is 9.84. The van der Waals surface area contributed by atoms with Gasteiger partial charge in [0.1, 0.15) is 5.73 Å². The first-order chi connectivity index (χ1) is 11.3. The van der Waals surface area contributed by atoms with Crippen molar-refractivity contribution in [2.45, 2.75) is 38.9 Å². The first-order valence-electron chi connectivity index (χ1n) is 8.51. The second kappa shape index (κ2) is 6.88. The minimum Gasteiger partial charge on any atom is -0.398 e. The van der Waals surface area contributed by atoms with Crippen molar-refractivity contribution in [3.05, 3.63) is 28.1 Å². The summed E-state index contributed by atoms with van der Waals surface area (Å²) in [5.41, 5.74) is -0.685. The molecule has 0 atom stereocenters. The van der Waals surface area contributed by atoms with Crippen molar-refractivity contribution in [3.63, 3.8) is 0 Å². The Morgan fingerprint density at radius 1 is 1.25 bits per heavy atom. The summed E-state index contributed by atoms with van der Waals surface area (Å²) in [7, 11) is -0.935. The molecule has 0 bridgehead atoms. The van der Waals surface area contributed by atoms with Crippen LogP contribution in [0, 0.1) is 0 Å². The van der Waals surface area contributed by atoms with Gasteiger partial charge in [0.25, 0.3) is 0 Å². The van der Waals surface area contributed by atoms with E-state index in [1.54, 1.807) is 11.3 Å². The lowest BCUT2D eigenvalue weighted by molar-refractivity contribution is 0.00578. The predicted molar refractivity (Wildman–Crippen MR) is 97.7 cm³/mol. The molecule has 0 aliphatic carbocycles. The van der Waals surface area contributed by atoms with E-state index >= 15 is 4.39 Å². The summed E-state index contributed by atoms with van der Waals surface area (Å²) < 4.78 is 27.2. The summed E-state index contributed by atoms with van der Waals surface area (Å²) in [6.07, 6.45) is 0. The number of piperazine rings is 1. The van der Waals surface area contributed by atoms with Crippen molar-refractivity contribution >= 4 is 24.0 Å². The average Bonchev–Trinajstić information content (AvgIpc) is 3.12. The lowest BCUT2D eigenvalue weighted by Gasteiger charge is -2.32. The van der Waals surface area contributed by atoms with Gasteiger partial charge in [0.05, 0.1) is 11.2 Å². The zero-order valence-electron chi connectivity index (χ0n) is 14.9. The number of hydrogen-bond donors (Lipinski definition) is 1. The lowest BCUT2D eigenvalue weighted by Crippen LogP contribution is -2.44. The molecule has 3 heterocycles.